The zero-order valence-corrected chi connectivity index (χ0v) is 16.0. The smallest absolute Gasteiger partial charge is 0.261 e. The van der Waals surface area contributed by atoms with Crippen LogP contribution in [0.3, 0.4) is 0 Å². The van der Waals surface area contributed by atoms with Crippen LogP contribution in [0, 0.1) is 0 Å². The van der Waals surface area contributed by atoms with Gasteiger partial charge in [-0.2, -0.15) is 0 Å². The third-order valence-corrected chi connectivity index (χ3v) is 5.25. The summed E-state index contributed by atoms with van der Waals surface area (Å²) in [6.07, 6.45) is 5.27. The van der Waals surface area contributed by atoms with E-state index in [0.717, 1.165) is 30.6 Å². The van der Waals surface area contributed by atoms with Gasteiger partial charge in [0.2, 0.25) is 0 Å². The number of hydrogen-bond donors (Lipinski definition) is 1. The van der Waals surface area contributed by atoms with E-state index in [2.05, 4.69) is 48.6 Å². The largest absolute Gasteiger partial charge is 0.481 e. The first kappa shape index (κ1) is 18.5. The number of ether oxygens (including phenoxy) is 1. The fourth-order valence-electron chi connectivity index (χ4n) is 3.50. The molecule has 0 saturated carbocycles. The van der Waals surface area contributed by atoms with Gasteiger partial charge in [0.15, 0.2) is 6.10 Å². The molecule has 2 unspecified atom stereocenters. The summed E-state index contributed by atoms with van der Waals surface area (Å²) in [7, 11) is 0. The summed E-state index contributed by atoms with van der Waals surface area (Å²) < 4.78 is 5.90. The molecular formula is C23H29NO2. The molecule has 0 aliphatic heterocycles. The third-order valence-electron chi connectivity index (χ3n) is 5.25. The normalized spacial score (nSPS) is 15.7. The summed E-state index contributed by atoms with van der Waals surface area (Å²) in [5, 5.41) is 3.05. The molecule has 2 atom stereocenters. The minimum absolute atomic E-state index is 0.0389. The second-order valence-corrected chi connectivity index (χ2v) is 7.22. The average molecular weight is 351 g/mol. The lowest BCUT2D eigenvalue weighted by Crippen LogP contribution is -2.37. The van der Waals surface area contributed by atoms with Crippen LogP contribution in [0.4, 0.5) is 0 Å². The van der Waals surface area contributed by atoms with Crippen LogP contribution in [0.25, 0.3) is 0 Å². The van der Waals surface area contributed by atoms with Gasteiger partial charge >= 0.3 is 0 Å². The van der Waals surface area contributed by atoms with Crippen molar-refractivity contribution in [2.24, 2.45) is 0 Å². The van der Waals surface area contributed by atoms with Crippen molar-refractivity contribution in [3.63, 3.8) is 0 Å². The summed E-state index contributed by atoms with van der Waals surface area (Å²) in [5.41, 5.74) is 5.20. The highest BCUT2D eigenvalue weighted by Crippen LogP contribution is 2.26. The van der Waals surface area contributed by atoms with E-state index in [0.29, 0.717) is 0 Å². The molecule has 0 spiro atoms. The lowest BCUT2D eigenvalue weighted by Gasteiger charge is -2.21. The van der Waals surface area contributed by atoms with Gasteiger partial charge in [0, 0.05) is 0 Å². The quantitative estimate of drug-likeness (QED) is 0.814. The van der Waals surface area contributed by atoms with Crippen molar-refractivity contribution in [2.75, 3.05) is 0 Å². The molecule has 138 valence electrons. The van der Waals surface area contributed by atoms with E-state index in [1.165, 1.54) is 29.5 Å². The Morgan fingerprint density at radius 3 is 2.42 bits per heavy atom. The first-order valence-electron chi connectivity index (χ1n) is 9.74. The molecule has 2 aromatic carbocycles. The van der Waals surface area contributed by atoms with Crippen LogP contribution in [-0.2, 0) is 24.1 Å². The third kappa shape index (κ3) is 4.46. The number of carbonyl (C=O) groups is 1. The Bertz CT molecular complexity index is 751. The lowest BCUT2D eigenvalue weighted by molar-refractivity contribution is -0.127. The van der Waals surface area contributed by atoms with Crippen LogP contribution >= 0.6 is 0 Å². The molecule has 0 heterocycles. The number of aryl methyl sites for hydroxylation is 3. The second-order valence-electron chi connectivity index (χ2n) is 7.22. The van der Waals surface area contributed by atoms with Gasteiger partial charge in [0.25, 0.3) is 5.91 Å². The molecule has 26 heavy (non-hydrogen) atoms. The van der Waals surface area contributed by atoms with Crippen LogP contribution in [-0.4, -0.2) is 12.0 Å². The number of benzene rings is 2. The van der Waals surface area contributed by atoms with Gasteiger partial charge < -0.3 is 10.1 Å². The predicted octanol–water partition coefficient (Wildman–Crippen LogP) is 4.77. The molecule has 1 amide bonds. The summed E-state index contributed by atoms with van der Waals surface area (Å²) >= 11 is 0. The number of fused-ring (bicyclic) bond motifs is 1. The summed E-state index contributed by atoms with van der Waals surface area (Å²) in [4.78, 5) is 12.5. The number of amides is 1. The van der Waals surface area contributed by atoms with E-state index < -0.39 is 6.10 Å². The Labute approximate surface area is 156 Å². The minimum atomic E-state index is -0.519. The van der Waals surface area contributed by atoms with E-state index in [1.807, 2.05) is 19.9 Å². The fourth-order valence-corrected chi connectivity index (χ4v) is 3.50. The molecule has 3 rings (SSSR count). The highest BCUT2D eigenvalue weighted by Gasteiger charge is 2.18. The Morgan fingerprint density at radius 2 is 1.73 bits per heavy atom. The molecule has 0 radical (unpaired) electrons. The number of nitrogens with one attached hydrogen (secondary N) is 1. The maximum atomic E-state index is 12.5. The molecule has 3 nitrogen and oxygen atoms in total. The van der Waals surface area contributed by atoms with Gasteiger partial charge in [-0.25, -0.2) is 0 Å². The molecule has 1 aliphatic carbocycles. The highest BCUT2D eigenvalue weighted by atomic mass is 16.5. The highest BCUT2D eigenvalue weighted by molar-refractivity contribution is 5.81. The van der Waals surface area contributed by atoms with E-state index in [-0.39, 0.29) is 11.9 Å². The van der Waals surface area contributed by atoms with Crippen molar-refractivity contribution in [3.8, 4) is 5.75 Å². The van der Waals surface area contributed by atoms with Gasteiger partial charge in [-0.1, -0.05) is 37.3 Å². The van der Waals surface area contributed by atoms with Crippen LogP contribution < -0.4 is 10.1 Å². The molecular weight excluding hydrogens is 322 g/mol. The number of carbonyl (C=O) groups excluding carboxylic acids is 1. The van der Waals surface area contributed by atoms with Crippen molar-refractivity contribution >= 4 is 5.91 Å². The Morgan fingerprint density at radius 1 is 1.04 bits per heavy atom. The molecule has 0 fully saturated rings. The van der Waals surface area contributed by atoms with Crippen LogP contribution in [0.15, 0.2) is 42.5 Å². The zero-order valence-electron chi connectivity index (χ0n) is 16.0. The Kier molecular flexibility index (Phi) is 5.97. The number of hydrogen-bond acceptors (Lipinski definition) is 2. The monoisotopic (exact) mass is 351 g/mol. The van der Waals surface area contributed by atoms with E-state index in [1.54, 1.807) is 0 Å². The summed E-state index contributed by atoms with van der Waals surface area (Å²) in [6.45, 7) is 5.95. The zero-order chi connectivity index (χ0) is 18.5. The molecule has 0 aromatic heterocycles. The van der Waals surface area contributed by atoms with Gasteiger partial charge in [0.05, 0.1) is 6.04 Å². The van der Waals surface area contributed by atoms with E-state index in [9.17, 15) is 4.79 Å². The summed E-state index contributed by atoms with van der Waals surface area (Å²) in [6, 6.07) is 14.6. The van der Waals surface area contributed by atoms with Crippen molar-refractivity contribution in [1.29, 1.82) is 0 Å². The fraction of sp³-hybridized carbons (Fsp3) is 0.435. The van der Waals surface area contributed by atoms with Gasteiger partial charge in [-0.05, 0) is 80.3 Å². The van der Waals surface area contributed by atoms with Crippen molar-refractivity contribution in [3.05, 3.63) is 64.7 Å². The van der Waals surface area contributed by atoms with Crippen LogP contribution in [0.2, 0.25) is 0 Å². The van der Waals surface area contributed by atoms with Crippen molar-refractivity contribution in [1.82, 2.24) is 5.32 Å². The topological polar surface area (TPSA) is 38.3 Å². The molecule has 2 aromatic rings. The maximum Gasteiger partial charge on any atom is 0.261 e. The molecule has 0 saturated heterocycles. The molecule has 1 aliphatic rings. The second kappa shape index (κ2) is 8.39. The van der Waals surface area contributed by atoms with Crippen molar-refractivity contribution < 1.29 is 9.53 Å². The molecule has 3 heteroatoms. The van der Waals surface area contributed by atoms with E-state index in [4.69, 9.17) is 4.74 Å². The molecule has 0 bridgehead atoms. The predicted molar refractivity (Wildman–Crippen MR) is 106 cm³/mol. The van der Waals surface area contributed by atoms with Gasteiger partial charge in [-0.15, -0.1) is 0 Å². The first-order chi connectivity index (χ1) is 12.6. The summed E-state index contributed by atoms with van der Waals surface area (Å²) in [5.74, 6) is 0.697. The number of rotatable bonds is 6. The Balaban J connectivity index is 1.58. The van der Waals surface area contributed by atoms with Gasteiger partial charge in [0.1, 0.15) is 5.75 Å². The lowest BCUT2D eigenvalue weighted by atomic mass is 9.92. The minimum Gasteiger partial charge on any atom is -0.481 e. The van der Waals surface area contributed by atoms with Gasteiger partial charge in [-0.3, -0.25) is 4.79 Å². The average Bonchev–Trinajstić information content (AvgIpc) is 2.67. The SMILES string of the molecule is CCc1ccc(C(C)NC(=O)C(C)Oc2ccc3c(c2)CCCC3)cc1. The standard InChI is InChI=1S/C23H29NO2/c1-4-18-9-11-19(12-10-18)16(2)24-23(25)17(3)26-22-14-13-20-7-5-6-8-21(20)15-22/h9-17H,4-8H2,1-3H3,(H,24,25). The van der Waals surface area contributed by atoms with Crippen molar-refractivity contribution in [2.45, 2.75) is 65.0 Å². The van der Waals surface area contributed by atoms with E-state index >= 15 is 0 Å². The first-order valence-corrected chi connectivity index (χ1v) is 9.74. The van der Waals surface area contributed by atoms with Crippen LogP contribution in [0.5, 0.6) is 5.75 Å². The van der Waals surface area contributed by atoms with Crippen LogP contribution in [0.1, 0.15) is 61.9 Å². The molecule has 1 N–H and O–H groups in total. The maximum absolute atomic E-state index is 12.5. The Hall–Kier alpha value is -2.29.